The number of nitrogens with zero attached hydrogens (tertiary/aromatic N) is 1. The molecule has 0 bridgehead atoms. The number of carbonyl (C=O) groups is 1. The van der Waals surface area contributed by atoms with E-state index in [-0.39, 0.29) is 18.2 Å². The van der Waals surface area contributed by atoms with Crippen molar-refractivity contribution in [2.45, 2.75) is 25.3 Å². The molecule has 1 amide bonds. The third-order valence-electron chi connectivity index (χ3n) is 2.93. The van der Waals surface area contributed by atoms with Gasteiger partial charge in [0, 0.05) is 18.8 Å². The number of hydrogen-bond acceptors (Lipinski definition) is 4. The van der Waals surface area contributed by atoms with Gasteiger partial charge >= 0.3 is 0 Å². The SMILES string of the molecule is Nc1cc(C(=O)NCCCS(N)(=O)=O)n(C2CC2)c1. The van der Waals surface area contributed by atoms with Crippen LogP contribution in [-0.2, 0) is 10.0 Å². The van der Waals surface area contributed by atoms with E-state index >= 15 is 0 Å². The van der Waals surface area contributed by atoms with Crippen molar-refractivity contribution in [1.82, 2.24) is 9.88 Å². The number of nitrogens with one attached hydrogen (secondary N) is 1. The fraction of sp³-hybridized carbons (Fsp3) is 0.545. The van der Waals surface area contributed by atoms with Gasteiger partial charge in [0.05, 0.1) is 11.4 Å². The molecule has 5 N–H and O–H groups in total. The lowest BCUT2D eigenvalue weighted by Gasteiger charge is -2.08. The lowest BCUT2D eigenvalue weighted by atomic mass is 10.3. The van der Waals surface area contributed by atoms with Gasteiger partial charge in [0.15, 0.2) is 0 Å². The topological polar surface area (TPSA) is 120 Å². The Kier molecular flexibility index (Phi) is 3.81. The van der Waals surface area contributed by atoms with Crippen molar-refractivity contribution in [3.63, 3.8) is 0 Å². The minimum absolute atomic E-state index is 0.140. The molecule has 1 fully saturated rings. The highest BCUT2D eigenvalue weighted by Gasteiger charge is 2.27. The summed E-state index contributed by atoms with van der Waals surface area (Å²) < 4.78 is 23.4. The zero-order valence-electron chi connectivity index (χ0n) is 10.5. The van der Waals surface area contributed by atoms with E-state index in [0.29, 0.717) is 23.8 Å². The predicted octanol–water partition coefficient (Wildman–Crippen LogP) is -0.186. The maximum atomic E-state index is 12.0. The molecule has 1 aromatic rings. The Labute approximate surface area is 112 Å². The first-order valence-corrected chi connectivity index (χ1v) is 7.84. The van der Waals surface area contributed by atoms with Crippen LogP contribution in [0.2, 0.25) is 0 Å². The number of primary sulfonamides is 1. The fourth-order valence-corrected chi connectivity index (χ4v) is 2.45. The number of hydrogen-bond donors (Lipinski definition) is 3. The summed E-state index contributed by atoms with van der Waals surface area (Å²) >= 11 is 0. The van der Waals surface area contributed by atoms with E-state index in [4.69, 9.17) is 10.9 Å². The van der Waals surface area contributed by atoms with Gasteiger partial charge in [-0.15, -0.1) is 0 Å². The molecule has 1 aliphatic carbocycles. The molecule has 0 aliphatic heterocycles. The average Bonchev–Trinajstić information content (AvgIpc) is 3.06. The predicted molar refractivity (Wildman–Crippen MR) is 72.0 cm³/mol. The van der Waals surface area contributed by atoms with E-state index < -0.39 is 10.0 Å². The summed E-state index contributed by atoms with van der Waals surface area (Å²) in [6, 6.07) is 2.00. The summed E-state index contributed by atoms with van der Waals surface area (Å²) in [5.74, 6) is -0.378. The molecule has 2 rings (SSSR count). The lowest BCUT2D eigenvalue weighted by Crippen LogP contribution is -2.28. The maximum Gasteiger partial charge on any atom is 0.267 e. The van der Waals surface area contributed by atoms with Crippen molar-refractivity contribution in [2.24, 2.45) is 5.14 Å². The molecule has 106 valence electrons. The van der Waals surface area contributed by atoms with Gasteiger partial charge in [0.1, 0.15) is 5.69 Å². The molecule has 0 atom stereocenters. The van der Waals surface area contributed by atoms with Crippen molar-refractivity contribution < 1.29 is 13.2 Å². The minimum Gasteiger partial charge on any atom is -0.397 e. The highest BCUT2D eigenvalue weighted by molar-refractivity contribution is 7.89. The van der Waals surface area contributed by atoms with Crippen molar-refractivity contribution in [1.29, 1.82) is 0 Å². The van der Waals surface area contributed by atoms with E-state index in [2.05, 4.69) is 5.32 Å². The summed E-state index contributed by atoms with van der Waals surface area (Å²) in [6.45, 7) is 0.269. The molecular formula is C11H18N4O3S. The van der Waals surface area contributed by atoms with Crippen LogP contribution < -0.4 is 16.2 Å². The summed E-state index contributed by atoms with van der Waals surface area (Å²) in [6.07, 6.45) is 4.17. The van der Waals surface area contributed by atoms with Crippen LogP contribution >= 0.6 is 0 Å². The molecule has 7 nitrogen and oxygen atoms in total. The smallest absolute Gasteiger partial charge is 0.267 e. The van der Waals surface area contributed by atoms with Gasteiger partial charge in [-0.05, 0) is 25.3 Å². The number of aromatic nitrogens is 1. The normalized spacial score (nSPS) is 15.4. The highest BCUT2D eigenvalue weighted by atomic mass is 32.2. The Morgan fingerprint density at radius 1 is 1.47 bits per heavy atom. The number of nitrogens with two attached hydrogens (primary N) is 2. The van der Waals surface area contributed by atoms with Crippen LogP contribution in [0.3, 0.4) is 0 Å². The van der Waals surface area contributed by atoms with Crippen molar-refractivity contribution in [3.8, 4) is 0 Å². The fourth-order valence-electron chi connectivity index (χ4n) is 1.90. The highest BCUT2D eigenvalue weighted by Crippen LogP contribution is 2.37. The molecule has 0 radical (unpaired) electrons. The van der Waals surface area contributed by atoms with Crippen LogP contribution in [0.1, 0.15) is 35.8 Å². The van der Waals surface area contributed by atoms with Gasteiger partial charge in [0.2, 0.25) is 10.0 Å². The van der Waals surface area contributed by atoms with E-state index in [0.717, 1.165) is 12.8 Å². The summed E-state index contributed by atoms with van der Waals surface area (Å²) in [5, 5.41) is 7.55. The molecular weight excluding hydrogens is 268 g/mol. The van der Waals surface area contributed by atoms with Crippen LogP contribution in [-0.4, -0.2) is 31.2 Å². The van der Waals surface area contributed by atoms with Gasteiger partial charge in [-0.2, -0.15) is 0 Å². The minimum atomic E-state index is -3.47. The summed E-state index contributed by atoms with van der Waals surface area (Å²) in [5.41, 5.74) is 6.78. The van der Waals surface area contributed by atoms with E-state index in [1.54, 1.807) is 12.3 Å². The number of sulfonamides is 1. The number of anilines is 1. The molecule has 1 aliphatic rings. The van der Waals surface area contributed by atoms with Gasteiger partial charge < -0.3 is 15.6 Å². The van der Waals surface area contributed by atoms with E-state index in [1.165, 1.54) is 0 Å². The Hall–Kier alpha value is -1.54. The zero-order valence-corrected chi connectivity index (χ0v) is 11.3. The summed E-state index contributed by atoms with van der Waals surface area (Å²) in [7, 11) is -3.47. The Bertz CT molecular complexity index is 575. The van der Waals surface area contributed by atoms with Gasteiger partial charge in [-0.25, -0.2) is 13.6 Å². The van der Waals surface area contributed by atoms with E-state index in [1.807, 2.05) is 4.57 Å². The van der Waals surface area contributed by atoms with Crippen molar-refractivity contribution in [3.05, 3.63) is 18.0 Å². The van der Waals surface area contributed by atoms with Crippen molar-refractivity contribution >= 4 is 21.6 Å². The standard InChI is InChI=1S/C11H18N4O3S/c12-8-6-10(15(7-8)9-2-3-9)11(16)14-4-1-5-19(13,17)18/h6-7,9H,1-5,12H2,(H,14,16)(H2,13,17,18). The van der Waals surface area contributed by atoms with E-state index in [9.17, 15) is 13.2 Å². The first-order chi connectivity index (χ1) is 8.87. The van der Waals surface area contributed by atoms with Gasteiger partial charge in [-0.3, -0.25) is 4.79 Å². The second kappa shape index (κ2) is 5.22. The Morgan fingerprint density at radius 2 is 2.16 bits per heavy atom. The molecule has 0 aromatic carbocycles. The Balaban J connectivity index is 1.89. The molecule has 0 unspecified atom stereocenters. The first kappa shape index (κ1) is 13.9. The quantitative estimate of drug-likeness (QED) is 0.628. The van der Waals surface area contributed by atoms with Crippen LogP contribution in [0.5, 0.6) is 0 Å². The third kappa shape index (κ3) is 3.97. The molecule has 1 aromatic heterocycles. The summed E-state index contributed by atoms with van der Waals surface area (Å²) in [4.78, 5) is 12.0. The zero-order chi connectivity index (χ0) is 14.0. The molecule has 0 spiro atoms. The van der Waals surface area contributed by atoms with Crippen LogP contribution in [0.25, 0.3) is 0 Å². The monoisotopic (exact) mass is 286 g/mol. The lowest BCUT2D eigenvalue weighted by molar-refractivity contribution is 0.0944. The molecule has 1 saturated carbocycles. The number of nitrogen functional groups attached to an aromatic ring is 1. The van der Waals surface area contributed by atoms with Crippen LogP contribution in [0.15, 0.2) is 12.3 Å². The molecule has 0 saturated heterocycles. The van der Waals surface area contributed by atoms with Gasteiger partial charge in [-0.1, -0.05) is 0 Å². The first-order valence-electron chi connectivity index (χ1n) is 6.13. The Morgan fingerprint density at radius 3 is 2.74 bits per heavy atom. The number of rotatable bonds is 6. The molecule has 1 heterocycles. The van der Waals surface area contributed by atoms with Gasteiger partial charge in [0.25, 0.3) is 5.91 Å². The number of amides is 1. The average molecular weight is 286 g/mol. The van der Waals surface area contributed by atoms with Crippen molar-refractivity contribution in [2.75, 3.05) is 18.0 Å². The molecule has 19 heavy (non-hydrogen) atoms. The third-order valence-corrected chi connectivity index (χ3v) is 3.79. The maximum absolute atomic E-state index is 12.0. The molecule has 8 heteroatoms. The van der Waals surface area contributed by atoms with Crippen LogP contribution in [0.4, 0.5) is 5.69 Å². The number of carbonyl (C=O) groups excluding carboxylic acids is 1. The van der Waals surface area contributed by atoms with Crippen LogP contribution in [0, 0.1) is 0 Å². The largest absolute Gasteiger partial charge is 0.397 e. The second-order valence-electron chi connectivity index (χ2n) is 4.77. The second-order valence-corrected chi connectivity index (χ2v) is 6.51.